The number of amides is 1. The van der Waals surface area contributed by atoms with E-state index in [1.54, 1.807) is 0 Å². The molecule has 0 aromatic heterocycles. The first-order chi connectivity index (χ1) is 27.8. The second-order valence-electron chi connectivity index (χ2n) is 16.5. The summed E-state index contributed by atoms with van der Waals surface area (Å²) in [7, 11) is -4.38. The number of carbonyl (C=O) groups is 1. The molecule has 10 heteroatoms. The van der Waals surface area contributed by atoms with Gasteiger partial charge in [0.2, 0.25) is 5.91 Å². The maximum Gasteiger partial charge on any atom is 0.472 e. The summed E-state index contributed by atoms with van der Waals surface area (Å²) in [5.74, 6) is -0.412. The van der Waals surface area contributed by atoms with Crippen LogP contribution in [0.3, 0.4) is 0 Å². The molecule has 0 saturated heterocycles. The van der Waals surface area contributed by atoms with Crippen LogP contribution in [0.15, 0.2) is 24.3 Å². The van der Waals surface area contributed by atoms with Crippen molar-refractivity contribution in [3.63, 3.8) is 0 Å². The Morgan fingerprint density at radius 2 is 1.05 bits per heavy atom. The van der Waals surface area contributed by atoms with Crippen molar-refractivity contribution in [1.29, 1.82) is 0 Å². The number of nitrogens with two attached hydrogens (primary N) is 1. The monoisotopic (exact) mass is 829 g/mol. The first kappa shape index (κ1) is 55.9. The molecule has 0 fully saturated rings. The molecule has 0 aliphatic rings. The second-order valence-corrected chi connectivity index (χ2v) is 17.9. The van der Waals surface area contributed by atoms with Gasteiger partial charge >= 0.3 is 7.82 Å². The molecule has 0 rings (SSSR count). The Labute approximate surface area is 351 Å². The molecule has 0 aliphatic carbocycles. The van der Waals surface area contributed by atoms with E-state index in [9.17, 15) is 24.5 Å². The number of hydrogen-bond acceptors (Lipinski definition) is 7. The van der Waals surface area contributed by atoms with Gasteiger partial charge in [-0.25, -0.2) is 4.57 Å². The fourth-order valence-corrected chi connectivity index (χ4v) is 8.04. The van der Waals surface area contributed by atoms with Crippen molar-refractivity contribution < 1.29 is 33.5 Å². The van der Waals surface area contributed by atoms with E-state index in [-0.39, 0.29) is 26.2 Å². The SMILES string of the molecule is CC/C=C\C/C=C\CCCCCCCCCCCCCCC(O)CC(=O)NC(COP(=O)(O)OCCN)C(O)CCCCCCCCCCCCCCCCCC. The van der Waals surface area contributed by atoms with E-state index in [1.807, 2.05) is 0 Å². The lowest BCUT2D eigenvalue weighted by molar-refractivity contribution is -0.125. The van der Waals surface area contributed by atoms with E-state index in [0.29, 0.717) is 12.8 Å². The van der Waals surface area contributed by atoms with E-state index in [1.165, 1.54) is 148 Å². The number of aliphatic hydroxyl groups is 2. The Hall–Kier alpha value is -1.06. The van der Waals surface area contributed by atoms with Crippen LogP contribution in [-0.4, -0.2) is 59.0 Å². The second kappa shape index (κ2) is 43.0. The van der Waals surface area contributed by atoms with Crippen LogP contribution in [0.2, 0.25) is 0 Å². The molecule has 0 bridgehead atoms. The van der Waals surface area contributed by atoms with Crippen LogP contribution < -0.4 is 11.1 Å². The molecule has 0 heterocycles. The van der Waals surface area contributed by atoms with E-state index >= 15 is 0 Å². The van der Waals surface area contributed by atoms with Gasteiger partial charge < -0.3 is 26.2 Å². The van der Waals surface area contributed by atoms with Gasteiger partial charge in [-0.2, -0.15) is 0 Å². The van der Waals surface area contributed by atoms with Gasteiger partial charge in [0.05, 0.1) is 37.9 Å². The number of unbranched alkanes of at least 4 members (excludes halogenated alkanes) is 27. The average molecular weight is 829 g/mol. The fraction of sp³-hybridized carbons (Fsp3) is 0.894. The number of nitrogens with one attached hydrogen (secondary N) is 1. The van der Waals surface area contributed by atoms with Crippen LogP contribution in [-0.2, 0) is 18.4 Å². The Morgan fingerprint density at radius 1 is 0.614 bits per heavy atom. The van der Waals surface area contributed by atoms with Gasteiger partial charge in [-0.15, -0.1) is 0 Å². The van der Waals surface area contributed by atoms with Crippen molar-refractivity contribution in [2.45, 2.75) is 250 Å². The molecule has 0 radical (unpaired) electrons. The zero-order chi connectivity index (χ0) is 41.9. The molecule has 0 saturated carbocycles. The van der Waals surface area contributed by atoms with Crippen LogP contribution in [0, 0.1) is 0 Å². The molecule has 1 amide bonds. The van der Waals surface area contributed by atoms with E-state index in [4.69, 9.17) is 14.8 Å². The van der Waals surface area contributed by atoms with Gasteiger partial charge in [-0.1, -0.05) is 212 Å². The van der Waals surface area contributed by atoms with Crippen LogP contribution in [0.4, 0.5) is 0 Å². The maximum absolute atomic E-state index is 12.9. The van der Waals surface area contributed by atoms with Crippen molar-refractivity contribution in [2.75, 3.05) is 19.8 Å². The van der Waals surface area contributed by atoms with E-state index < -0.39 is 32.0 Å². The van der Waals surface area contributed by atoms with Crippen molar-refractivity contribution in [2.24, 2.45) is 5.73 Å². The Bertz CT molecular complexity index is 966. The third-order valence-corrected chi connectivity index (χ3v) is 11.9. The van der Waals surface area contributed by atoms with Crippen LogP contribution >= 0.6 is 7.82 Å². The Balaban J connectivity index is 4.16. The lowest BCUT2D eigenvalue weighted by Gasteiger charge is -2.25. The van der Waals surface area contributed by atoms with E-state index in [0.717, 1.165) is 51.4 Å². The smallest absolute Gasteiger partial charge is 0.393 e. The number of rotatable bonds is 45. The summed E-state index contributed by atoms with van der Waals surface area (Å²) < 4.78 is 22.2. The van der Waals surface area contributed by atoms with E-state index in [2.05, 4.69) is 43.5 Å². The molecule has 6 N–H and O–H groups in total. The molecule has 0 aromatic carbocycles. The third-order valence-electron chi connectivity index (χ3n) is 10.9. The first-order valence-electron chi connectivity index (χ1n) is 24.0. The minimum absolute atomic E-state index is 0.0603. The van der Waals surface area contributed by atoms with Crippen molar-refractivity contribution >= 4 is 13.7 Å². The van der Waals surface area contributed by atoms with Crippen LogP contribution in [0.1, 0.15) is 232 Å². The number of hydrogen-bond donors (Lipinski definition) is 5. The highest BCUT2D eigenvalue weighted by Gasteiger charge is 2.28. The van der Waals surface area contributed by atoms with Gasteiger partial charge in [0.15, 0.2) is 0 Å². The minimum atomic E-state index is -4.38. The van der Waals surface area contributed by atoms with Crippen molar-refractivity contribution in [3.05, 3.63) is 24.3 Å². The van der Waals surface area contributed by atoms with Crippen molar-refractivity contribution in [1.82, 2.24) is 5.32 Å². The third kappa shape index (κ3) is 41.5. The summed E-state index contributed by atoms with van der Waals surface area (Å²) in [6, 6.07) is -0.895. The highest BCUT2D eigenvalue weighted by Crippen LogP contribution is 2.43. The standard InChI is InChI=1S/C47H93N2O7P/c1-3-5-7-9-11-13-15-17-19-21-22-23-24-26-28-30-32-34-36-38-44(50)42-47(52)49-45(43-56-57(53,54)55-41-40-48)46(51)39-37-35-33-31-29-27-25-20-18-16-14-12-10-8-6-4-2/h5,7,11,13,44-46,50-51H,3-4,6,8-10,12,14-43,48H2,1-2H3,(H,49,52)(H,53,54)/b7-5-,13-11-. The lowest BCUT2D eigenvalue weighted by atomic mass is 10.0. The Kier molecular flexibility index (Phi) is 42.2. The number of carbonyl (C=O) groups excluding carboxylic acids is 1. The molecule has 0 aliphatic heterocycles. The summed E-state index contributed by atoms with van der Waals surface area (Å²) in [6.45, 7) is 3.97. The van der Waals surface area contributed by atoms with Crippen LogP contribution in [0.25, 0.3) is 0 Å². The summed E-state index contributed by atoms with van der Waals surface area (Å²) in [5, 5.41) is 24.3. The summed E-state index contributed by atoms with van der Waals surface area (Å²) >= 11 is 0. The Morgan fingerprint density at radius 3 is 1.53 bits per heavy atom. The largest absolute Gasteiger partial charge is 0.472 e. The first-order valence-corrected chi connectivity index (χ1v) is 25.5. The molecular formula is C47H93N2O7P. The number of aliphatic hydroxyl groups excluding tert-OH is 2. The highest BCUT2D eigenvalue weighted by atomic mass is 31.2. The predicted molar refractivity (Wildman–Crippen MR) is 241 cm³/mol. The van der Waals surface area contributed by atoms with Gasteiger partial charge in [0.1, 0.15) is 0 Å². The number of allylic oxidation sites excluding steroid dienone is 4. The summed E-state index contributed by atoms with van der Waals surface area (Å²) in [4.78, 5) is 22.9. The molecule has 4 atom stereocenters. The van der Waals surface area contributed by atoms with Crippen molar-refractivity contribution in [3.8, 4) is 0 Å². The zero-order valence-electron chi connectivity index (χ0n) is 37.2. The van der Waals surface area contributed by atoms with Gasteiger partial charge in [-0.05, 0) is 38.5 Å². The zero-order valence-corrected chi connectivity index (χ0v) is 38.1. The fourth-order valence-electron chi connectivity index (χ4n) is 7.28. The predicted octanol–water partition coefficient (Wildman–Crippen LogP) is 12.7. The molecule has 9 nitrogen and oxygen atoms in total. The summed E-state index contributed by atoms with van der Waals surface area (Å²) in [5.41, 5.74) is 5.38. The molecule has 0 aromatic rings. The van der Waals surface area contributed by atoms with Gasteiger partial charge in [-0.3, -0.25) is 13.8 Å². The molecule has 57 heavy (non-hydrogen) atoms. The summed E-state index contributed by atoms with van der Waals surface area (Å²) in [6.07, 6.45) is 46.5. The van der Waals surface area contributed by atoms with Gasteiger partial charge in [0.25, 0.3) is 0 Å². The normalized spacial score (nSPS) is 14.7. The quantitative estimate of drug-likeness (QED) is 0.0231. The van der Waals surface area contributed by atoms with Crippen LogP contribution in [0.5, 0.6) is 0 Å². The molecule has 338 valence electrons. The number of phosphoric acid groups is 1. The number of phosphoric ester groups is 1. The lowest BCUT2D eigenvalue weighted by Crippen LogP contribution is -2.47. The van der Waals surface area contributed by atoms with Gasteiger partial charge in [0, 0.05) is 6.54 Å². The maximum atomic E-state index is 12.9. The molecule has 4 unspecified atom stereocenters. The molecule has 0 spiro atoms. The molecular weight excluding hydrogens is 735 g/mol. The topological polar surface area (TPSA) is 151 Å². The average Bonchev–Trinajstić information content (AvgIpc) is 3.19. The minimum Gasteiger partial charge on any atom is -0.393 e. The highest BCUT2D eigenvalue weighted by molar-refractivity contribution is 7.47.